The Kier molecular flexibility index (Phi) is 8.60. The summed E-state index contributed by atoms with van der Waals surface area (Å²) in [6, 6.07) is 27.2. The van der Waals surface area contributed by atoms with E-state index in [9.17, 15) is 0 Å². The van der Waals surface area contributed by atoms with Gasteiger partial charge < -0.3 is 8.83 Å². The number of furan rings is 2. The van der Waals surface area contributed by atoms with Gasteiger partial charge >= 0.3 is 0 Å². The van der Waals surface area contributed by atoms with E-state index in [1.54, 1.807) is 0 Å². The van der Waals surface area contributed by atoms with Crippen molar-refractivity contribution in [1.29, 1.82) is 0 Å². The summed E-state index contributed by atoms with van der Waals surface area (Å²) in [5.41, 5.74) is 6.47. The molecule has 0 unspecified atom stereocenters. The minimum Gasteiger partial charge on any atom is -0.451 e. The molecule has 0 radical (unpaired) electrons. The lowest BCUT2D eigenvalue weighted by atomic mass is 9.99. The molecule has 0 aliphatic heterocycles. The van der Waals surface area contributed by atoms with Gasteiger partial charge in [-0.15, -0.1) is 0 Å². The summed E-state index contributed by atoms with van der Waals surface area (Å²) in [5, 5.41) is 9.42. The molecule has 2 aromatic heterocycles. The Bertz CT molecular complexity index is 1900. The number of benzene rings is 5. The molecule has 2 heterocycles. The van der Waals surface area contributed by atoms with E-state index in [0.717, 1.165) is 56.7 Å². The topological polar surface area (TPSA) is 26.3 Å². The molecule has 7 aromatic rings. The van der Waals surface area contributed by atoms with Gasteiger partial charge in [0, 0.05) is 32.3 Å². The van der Waals surface area contributed by atoms with E-state index in [4.69, 9.17) is 8.83 Å². The minimum atomic E-state index is 0.852. The lowest BCUT2D eigenvalue weighted by molar-refractivity contribution is 0.607. The van der Waals surface area contributed by atoms with Gasteiger partial charge in [-0.3, -0.25) is 0 Å². The maximum absolute atomic E-state index is 6.70. The summed E-state index contributed by atoms with van der Waals surface area (Å²) in [7, 11) is 0. The van der Waals surface area contributed by atoms with Gasteiger partial charge in [0.2, 0.25) is 0 Å². The lowest BCUT2D eigenvalue weighted by Crippen LogP contribution is -1.87. The van der Waals surface area contributed by atoms with Crippen LogP contribution in [0.4, 0.5) is 0 Å². The maximum Gasteiger partial charge on any atom is 0.178 e. The van der Waals surface area contributed by atoms with Gasteiger partial charge in [0.25, 0.3) is 0 Å². The molecule has 5 aromatic carbocycles. The van der Waals surface area contributed by atoms with Crippen LogP contribution in [0.3, 0.4) is 0 Å². The van der Waals surface area contributed by atoms with Crippen LogP contribution in [0.25, 0.3) is 65.4 Å². The van der Waals surface area contributed by atoms with E-state index < -0.39 is 0 Å². The third kappa shape index (κ3) is 5.60. The van der Waals surface area contributed by atoms with Crippen LogP contribution in [0.15, 0.2) is 81.6 Å². The monoisotopic (exact) mass is 582 g/mol. The lowest BCUT2D eigenvalue weighted by Gasteiger charge is -2.05. The van der Waals surface area contributed by atoms with Gasteiger partial charge in [0.1, 0.15) is 11.2 Å². The SMILES string of the molecule is CCCCCCCCc1ccc2c(ccc3c4ccc5c6ccc7cc(CCCCCCCC)ccc7c6oc5c4oc23)c1. The number of fused-ring (bicyclic) bond motifs is 11. The summed E-state index contributed by atoms with van der Waals surface area (Å²) in [4.78, 5) is 0. The Morgan fingerprint density at radius 3 is 1.18 bits per heavy atom. The van der Waals surface area contributed by atoms with E-state index >= 15 is 0 Å². The van der Waals surface area contributed by atoms with E-state index in [-0.39, 0.29) is 0 Å². The highest BCUT2D eigenvalue weighted by molar-refractivity contribution is 6.24. The second-order valence-corrected chi connectivity index (χ2v) is 13.1. The summed E-state index contributed by atoms with van der Waals surface area (Å²) < 4.78 is 13.4. The van der Waals surface area contributed by atoms with E-state index in [1.165, 1.54) is 110 Å². The molecule has 226 valence electrons. The zero-order chi connectivity index (χ0) is 29.9. The van der Waals surface area contributed by atoms with Crippen molar-refractivity contribution < 1.29 is 8.83 Å². The van der Waals surface area contributed by atoms with Crippen LogP contribution >= 0.6 is 0 Å². The Morgan fingerprint density at radius 2 is 0.727 bits per heavy atom. The van der Waals surface area contributed by atoms with Gasteiger partial charge in [0.15, 0.2) is 11.2 Å². The predicted molar refractivity (Wildman–Crippen MR) is 190 cm³/mol. The van der Waals surface area contributed by atoms with Crippen LogP contribution in [0.2, 0.25) is 0 Å². The third-order valence-electron chi connectivity index (χ3n) is 9.81. The zero-order valence-corrected chi connectivity index (χ0v) is 26.6. The molecule has 0 amide bonds. The molecule has 44 heavy (non-hydrogen) atoms. The quantitative estimate of drug-likeness (QED) is 0.119. The third-order valence-corrected chi connectivity index (χ3v) is 9.81. The van der Waals surface area contributed by atoms with Crippen LogP contribution in [-0.2, 0) is 12.8 Å². The largest absolute Gasteiger partial charge is 0.451 e. The highest BCUT2D eigenvalue weighted by Crippen LogP contribution is 2.42. The van der Waals surface area contributed by atoms with Gasteiger partial charge in [-0.25, -0.2) is 0 Å². The van der Waals surface area contributed by atoms with E-state index in [2.05, 4.69) is 86.6 Å². The van der Waals surface area contributed by atoms with Gasteiger partial charge in [-0.2, -0.15) is 0 Å². The highest BCUT2D eigenvalue weighted by atomic mass is 16.4. The van der Waals surface area contributed by atoms with Crippen molar-refractivity contribution in [3.05, 3.63) is 83.9 Å². The number of unbranched alkanes of at least 4 members (excludes halogenated alkanes) is 10. The Hall–Kier alpha value is -3.78. The van der Waals surface area contributed by atoms with E-state index in [1.807, 2.05) is 0 Å². The highest BCUT2D eigenvalue weighted by Gasteiger charge is 2.18. The fraction of sp³-hybridized carbons (Fsp3) is 0.381. The number of hydrogen-bond donors (Lipinski definition) is 0. The van der Waals surface area contributed by atoms with Gasteiger partial charge in [-0.1, -0.05) is 127 Å². The van der Waals surface area contributed by atoms with Crippen molar-refractivity contribution in [3.63, 3.8) is 0 Å². The number of aryl methyl sites for hydroxylation is 2. The van der Waals surface area contributed by atoms with Crippen molar-refractivity contribution >= 4 is 65.4 Å². The second-order valence-electron chi connectivity index (χ2n) is 13.1. The maximum atomic E-state index is 6.70. The standard InChI is InChI=1S/C42H46O2/c1-3-5-7-9-11-13-15-29-17-21-33-31(27-29)19-23-35-37-25-26-38-36-24-20-32-28-30(16-14-12-10-8-6-4-2)18-22-34(32)40(36)44-42(38)41(37)43-39(33)35/h17-28H,3-16H2,1-2H3. The average molecular weight is 583 g/mol. The second kappa shape index (κ2) is 13.1. The summed E-state index contributed by atoms with van der Waals surface area (Å²) in [6.45, 7) is 4.56. The molecular formula is C42H46O2. The summed E-state index contributed by atoms with van der Waals surface area (Å²) in [6.07, 6.45) is 18.3. The van der Waals surface area contributed by atoms with Crippen molar-refractivity contribution in [2.24, 2.45) is 0 Å². The Balaban J connectivity index is 1.19. The first-order chi connectivity index (χ1) is 21.7. The molecule has 0 N–H and O–H groups in total. The van der Waals surface area contributed by atoms with Crippen LogP contribution in [0.1, 0.15) is 102 Å². The summed E-state index contributed by atoms with van der Waals surface area (Å²) >= 11 is 0. The van der Waals surface area contributed by atoms with Crippen LogP contribution in [0, 0.1) is 0 Å². The normalized spacial score (nSPS) is 12.2. The first kappa shape index (κ1) is 29.0. The molecule has 0 saturated carbocycles. The average Bonchev–Trinajstić information content (AvgIpc) is 3.63. The smallest absolute Gasteiger partial charge is 0.178 e. The Labute approximate surface area is 261 Å². The fourth-order valence-corrected chi connectivity index (χ4v) is 7.27. The van der Waals surface area contributed by atoms with Gasteiger partial charge in [0.05, 0.1) is 0 Å². The first-order valence-corrected chi connectivity index (χ1v) is 17.4. The van der Waals surface area contributed by atoms with E-state index in [0.29, 0.717) is 0 Å². The number of hydrogen-bond acceptors (Lipinski definition) is 2. The molecule has 0 aliphatic carbocycles. The molecule has 0 aliphatic rings. The molecule has 2 nitrogen and oxygen atoms in total. The van der Waals surface area contributed by atoms with Crippen molar-refractivity contribution in [1.82, 2.24) is 0 Å². The minimum absolute atomic E-state index is 0.852. The molecule has 0 bridgehead atoms. The fourth-order valence-electron chi connectivity index (χ4n) is 7.27. The van der Waals surface area contributed by atoms with Crippen LogP contribution < -0.4 is 0 Å². The molecule has 2 heteroatoms. The van der Waals surface area contributed by atoms with Crippen LogP contribution in [0.5, 0.6) is 0 Å². The summed E-state index contributed by atoms with van der Waals surface area (Å²) in [5.74, 6) is 0. The molecule has 0 fully saturated rings. The van der Waals surface area contributed by atoms with Crippen LogP contribution in [-0.4, -0.2) is 0 Å². The molecular weight excluding hydrogens is 536 g/mol. The van der Waals surface area contributed by atoms with Gasteiger partial charge in [-0.05, 0) is 71.8 Å². The molecule has 7 rings (SSSR count). The number of rotatable bonds is 14. The Morgan fingerprint density at radius 1 is 0.364 bits per heavy atom. The van der Waals surface area contributed by atoms with Crippen molar-refractivity contribution in [2.75, 3.05) is 0 Å². The zero-order valence-electron chi connectivity index (χ0n) is 26.6. The molecule has 0 spiro atoms. The molecule has 0 atom stereocenters. The first-order valence-electron chi connectivity index (χ1n) is 17.4. The molecule has 0 saturated heterocycles. The predicted octanol–water partition coefficient (Wildman–Crippen LogP) is 13.6. The van der Waals surface area contributed by atoms with Crippen molar-refractivity contribution in [2.45, 2.75) is 104 Å². The van der Waals surface area contributed by atoms with Crippen molar-refractivity contribution in [3.8, 4) is 0 Å².